The number of anilines is 2. The topological polar surface area (TPSA) is 103 Å². The van der Waals surface area contributed by atoms with Crippen molar-refractivity contribution >= 4 is 29.1 Å². The lowest BCUT2D eigenvalue weighted by Crippen LogP contribution is -2.55. The zero-order valence-electron chi connectivity index (χ0n) is 17.4. The van der Waals surface area contributed by atoms with E-state index in [1.165, 1.54) is 6.07 Å². The molecule has 0 saturated heterocycles. The third-order valence-corrected chi connectivity index (χ3v) is 5.51. The quantitative estimate of drug-likeness (QED) is 0.663. The molecule has 1 aromatic carbocycles. The van der Waals surface area contributed by atoms with Crippen LogP contribution in [0.2, 0.25) is 0 Å². The Balaban J connectivity index is 0.000000628. The number of hydrazone groups is 1. The maximum absolute atomic E-state index is 13.4. The van der Waals surface area contributed by atoms with Crippen LogP contribution >= 0.6 is 0 Å². The molecule has 8 nitrogen and oxygen atoms in total. The molecular weight excluding hydrogens is 417 g/mol. The van der Waals surface area contributed by atoms with E-state index < -0.39 is 24.1 Å². The summed E-state index contributed by atoms with van der Waals surface area (Å²) in [4.78, 5) is 22.7. The van der Waals surface area contributed by atoms with Crippen molar-refractivity contribution in [3.05, 3.63) is 17.7 Å². The van der Waals surface area contributed by atoms with Gasteiger partial charge in [-0.05, 0) is 50.8 Å². The Hall–Kier alpha value is -2.98. The first-order chi connectivity index (χ1) is 14.5. The van der Waals surface area contributed by atoms with Gasteiger partial charge in [0.25, 0.3) is 11.9 Å². The van der Waals surface area contributed by atoms with E-state index in [2.05, 4.69) is 15.8 Å². The van der Waals surface area contributed by atoms with Crippen molar-refractivity contribution in [2.45, 2.75) is 64.2 Å². The number of amidine groups is 1. The molecule has 11 heteroatoms. The average Bonchev–Trinajstić information content (AvgIpc) is 2.64. The van der Waals surface area contributed by atoms with Crippen LogP contribution in [0, 0.1) is 0 Å². The zero-order chi connectivity index (χ0) is 22.9. The Bertz CT molecular complexity index is 895. The largest absolute Gasteiger partial charge is 0.483 e. The van der Waals surface area contributed by atoms with Crippen molar-refractivity contribution in [1.82, 2.24) is 5.43 Å². The second-order valence-electron chi connectivity index (χ2n) is 7.80. The number of amides is 1. The van der Waals surface area contributed by atoms with E-state index in [9.17, 15) is 18.0 Å². The number of aliphatic carboxylic acids is 1. The van der Waals surface area contributed by atoms with Gasteiger partial charge in [0.15, 0.2) is 5.84 Å². The number of carbonyl (C=O) groups is 2. The number of nitrogens with one attached hydrogen (secondary N) is 2. The monoisotopic (exact) mass is 442 g/mol. The van der Waals surface area contributed by atoms with Crippen LogP contribution < -0.4 is 20.4 Å². The normalized spacial score (nSPS) is 21.1. The fourth-order valence-electron chi connectivity index (χ4n) is 3.52. The van der Waals surface area contributed by atoms with Crippen molar-refractivity contribution in [1.29, 1.82) is 0 Å². The molecule has 1 aliphatic carbocycles. The number of alkyl halides is 3. The molecule has 0 aromatic heterocycles. The van der Waals surface area contributed by atoms with Gasteiger partial charge in [-0.3, -0.25) is 9.59 Å². The summed E-state index contributed by atoms with van der Waals surface area (Å²) in [6.07, 6.45) is -1.43. The van der Waals surface area contributed by atoms with Crippen LogP contribution in [-0.2, 0) is 9.59 Å². The van der Waals surface area contributed by atoms with Gasteiger partial charge in [0, 0.05) is 18.7 Å². The van der Waals surface area contributed by atoms with E-state index in [0.717, 1.165) is 33.1 Å². The van der Waals surface area contributed by atoms with Crippen molar-refractivity contribution in [2.75, 3.05) is 16.8 Å². The van der Waals surface area contributed by atoms with Gasteiger partial charge >= 0.3 is 6.18 Å². The highest BCUT2D eigenvalue weighted by molar-refractivity contribution is 6.09. The summed E-state index contributed by atoms with van der Waals surface area (Å²) in [7, 11) is 0. The minimum Gasteiger partial charge on any atom is -0.483 e. The summed E-state index contributed by atoms with van der Waals surface area (Å²) in [5, 5.41) is 14.7. The number of halogens is 3. The summed E-state index contributed by atoms with van der Waals surface area (Å²) >= 11 is 0. The number of carboxylic acid groups (broad SMARTS) is 1. The van der Waals surface area contributed by atoms with Crippen LogP contribution in [-0.4, -0.2) is 47.7 Å². The Morgan fingerprint density at radius 3 is 2.58 bits per heavy atom. The highest BCUT2D eigenvalue weighted by Crippen LogP contribution is 2.45. The zero-order valence-corrected chi connectivity index (χ0v) is 17.4. The second kappa shape index (κ2) is 8.64. The number of nitrogens with zero attached hydrogens (tertiary/aromatic N) is 2. The Labute approximate surface area is 177 Å². The molecule has 1 aromatic rings. The maximum Gasteiger partial charge on any atom is 0.395 e. The summed E-state index contributed by atoms with van der Waals surface area (Å²) < 4.78 is 45.9. The molecule has 170 valence electrons. The summed E-state index contributed by atoms with van der Waals surface area (Å²) in [6.45, 7) is 4.05. The molecule has 4 rings (SSSR count). The number of benzene rings is 1. The SMILES string of the molecule is CC(=O)O.C[C@@H]1C(=O)NN=C2COc3cc([C@H](C)C(F)(F)F)c(NC4CCC4)cc3N21. The maximum atomic E-state index is 13.4. The molecule has 3 aliphatic rings. The van der Waals surface area contributed by atoms with Gasteiger partial charge in [0.05, 0.1) is 11.6 Å². The minimum absolute atomic E-state index is 0.0901. The molecule has 2 aliphatic heterocycles. The number of ether oxygens (including phenoxy) is 1. The standard InChI is InChI=1S/C18H21F3N4O2.C2H4O2/c1-9(18(19,20)21)12-6-15-14(7-13(12)22-11-4-3-5-11)25-10(2)17(26)24-23-16(25)8-27-15;1-2(3)4/h6-7,9-11,22H,3-5,8H2,1-2H3,(H,24,26);1H3,(H,3,4)/t9-,10+;/m0./s1. The number of hydrogen-bond donors (Lipinski definition) is 3. The average molecular weight is 442 g/mol. The Kier molecular flexibility index (Phi) is 6.33. The van der Waals surface area contributed by atoms with Gasteiger partial charge in [-0.25, -0.2) is 5.43 Å². The predicted octanol–water partition coefficient (Wildman–Crippen LogP) is 3.44. The molecule has 1 amide bonds. The fraction of sp³-hybridized carbons (Fsp3) is 0.550. The van der Waals surface area contributed by atoms with E-state index in [1.807, 2.05) is 0 Å². The molecular formula is C20H25F3N4O4. The van der Waals surface area contributed by atoms with Crippen molar-refractivity contribution < 1.29 is 32.6 Å². The fourth-order valence-corrected chi connectivity index (χ4v) is 3.52. The third-order valence-electron chi connectivity index (χ3n) is 5.51. The van der Waals surface area contributed by atoms with Crippen molar-refractivity contribution in [3.63, 3.8) is 0 Å². The molecule has 2 heterocycles. The molecule has 2 atom stereocenters. The van der Waals surface area contributed by atoms with Crippen LogP contribution in [0.25, 0.3) is 0 Å². The Morgan fingerprint density at radius 2 is 2.03 bits per heavy atom. The van der Waals surface area contributed by atoms with Gasteiger partial charge in [-0.1, -0.05) is 0 Å². The van der Waals surface area contributed by atoms with Crippen LogP contribution in [0.3, 0.4) is 0 Å². The number of hydrogen-bond acceptors (Lipinski definition) is 6. The van der Waals surface area contributed by atoms with E-state index in [-0.39, 0.29) is 24.1 Å². The summed E-state index contributed by atoms with van der Waals surface area (Å²) in [5.41, 5.74) is 3.59. The van der Waals surface area contributed by atoms with E-state index in [4.69, 9.17) is 14.6 Å². The first-order valence-electron chi connectivity index (χ1n) is 9.98. The van der Waals surface area contributed by atoms with E-state index in [0.29, 0.717) is 23.0 Å². The van der Waals surface area contributed by atoms with E-state index in [1.54, 1.807) is 17.9 Å². The molecule has 1 saturated carbocycles. The number of fused-ring (bicyclic) bond motifs is 3. The van der Waals surface area contributed by atoms with Crippen molar-refractivity contribution in [3.8, 4) is 5.75 Å². The second-order valence-corrected chi connectivity index (χ2v) is 7.80. The summed E-state index contributed by atoms with van der Waals surface area (Å²) in [5.74, 6) is -1.87. The lowest BCUT2D eigenvalue weighted by Gasteiger charge is -2.39. The first kappa shape index (κ1) is 22.7. The number of rotatable bonds is 3. The third kappa shape index (κ3) is 4.86. The summed E-state index contributed by atoms with van der Waals surface area (Å²) in [6, 6.07) is 2.75. The van der Waals surface area contributed by atoms with Crippen LogP contribution in [0.15, 0.2) is 17.2 Å². The smallest absolute Gasteiger partial charge is 0.395 e. The number of carboxylic acids is 1. The van der Waals surface area contributed by atoms with Crippen molar-refractivity contribution in [2.24, 2.45) is 5.10 Å². The van der Waals surface area contributed by atoms with Crippen LogP contribution in [0.5, 0.6) is 5.75 Å². The van der Waals surface area contributed by atoms with E-state index >= 15 is 0 Å². The molecule has 0 bridgehead atoms. The van der Waals surface area contributed by atoms with Gasteiger partial charge < -0.3 is 20.1 Å². The lowest BCUT2D eigenvalue weighted by molar-refractivity contribution is -0.146. The van der Waals surface area contributed by atoms with Gasteiger partial charge in [-0.2, -0.15) is 18.3 Å². The van der Waals surface area contributed by atoms with Gasteiger partial charge in [-0.15, -0.1) is 0 Å². The van der Waals surface area contributed by atoms with Crippen LogP contribution in [0.4, 0.5) is 24.5 Å². The molecule has 0 unspecified atom stereocenters. The van der Waals surface area contributed by atoms with Gasteiger partial charge in [0.1, 0.15) is 18.4 Å². The Morgan fingerprint density at radius 1 is 1.39 bits per heavy atom. The first-order valence-corrected chi connectivity index (χ1v) is 9.98. The predicted molar refractivity (Wildman–Crippen MR) is 108 cm³/mol. The number of carbonyl (C=O) groups excluding carboxylic acids is 1. The molecule has 0 radical (unpaired) electrons. The minimum atomic E-state index is -4.36. The highest BCUT2D eigenvalue weighted by atomic mass is 19.4. The highest BCUT2D eigenvalue weighted by Gasteiger charge is 2.41. The molecule has 3 N–H and O–H groups in total. The van der Waals surface area contributed by atoms with Gasteiger partial charge in [0.2, 0.25) is 0 Å². The lowest BCUT2D eigenvalue weighted by atomic mass is 9.91. The molecule has 1 fully saturated rings. The molecule has 31 heavy (non-hydrogen) atoms. The molecule has 0 spiro atoms. The van der Waals surface area contributed by atoms with Crippen LogP contribution in [0.1, 0.15) is 51.5 Å².